The lowest BCUT2D eigenvalue weighted by Crippen LogP contribution is -2.07. The molecular weight excluding hydrogens is 336 g/mol. The Kier molecular flexibility index (Phi) is 7.49. The largest absolute Gasteiger partial charge is 0.493 e. The van der Waals surface area contributed by atoms with Gasteiger partial charge in [0.15, 0.2) is 0 Å². The first-order valence-corrected chi connectivity index (χ1v) is 8.35. The van der Waals surface area contributed by atoms with E-state index in [0.717, 1.165) is 0 Å². The molecule has 0 unspecified atom stereocenters. The summed E-state index contributed by atoms with van der Waals surface area (Å²) in [6, 6.07) is 13.6. The first kappa shape index (κ1) is 19.3. The number of esters is 2. The highest BCUT2D eigenvalue weighted by Crippen LogP contribution is 2.15. The van der Waals surface area contributed by atoms with Gasteiger partial charge in [-0.2, -0.15) is 0 Å². The highest BCUT2D eigenvalue weighted by atomic mass is 16.5. The van der Waals surface area contributed by atoms with E-state index in [1.165, 1.54) is 7.11 Å². The Balaban J connectivity index is 1.73. The van der Waals surface area contributed by atoms with Gasteiger partial charge in [0.1, 0.15) is 11.5 Å². The summed E-state index contributed by atoms with van der Waals surface area (Å²) in [5, 5.41) is 0. The lowest BCUT2D eigenvalue weighted by molar-refractivity contribution is 0.0524. The second kappa shape index (κ2) is 10.1. The predicted octanol–water partition coefficient (Wildman–Crippen LogP) is 3.50. The number of hydrogen-bond donors (Lipinski definition) is 0. The monoisotopic (exact) mass is 358 g/mol. The van der Waals surface area contributed by atoms with Crippen molar-refractivity contribution in [2.45, 2.75) is 13.3 Å². The van der Waals surface area contributed by atoms with Crippen LogP contribution >= 0.6 is 0 Å². The van der Waals surface area contributed by atoms with Crippen molar-refractivity contribution < 1.29 is 28.5 Å². The quantitative estimate of drug-likeness (QED) is 0.505. The van der Waals surface area contributed by atoms with Crippen molar-refractivity contribution in [3.63, 3.8) is 0 Å². The van der Waals surface area contributed by atoms with Crippen molar-refractivity contribution >= 4 is 11.9 Å². The molecule has 0 atom stereocenters. The molecular formula is C20H22O6. The van der Waals surface area contributed by atoms with Crippen LogP contribution in [-0.4, -0.2) is 38.9 Å². The summed E-state index contributed by atoms with van der Waals surface area (Å²) in [5.74, 6) is 0.534. The Morgan fingerprint density at radius 3 is 2.19 bits per heavy atom. The fraction of sp³-hybridized carbons (Fsp3) is 0.300. The van der Waals surface area contributed by atoms with E-state index in [2.05, 4.69) is 4.74 Å². The van der Waals surface area contributed by atoms with Crippen LogP contribution in [0.25, 0.3) is 0 Å². The van der Waals surface area contributed by atoms with E-state index in [1.807, 2.05) is 0 Å². The molecule has 0 aliphatic rings. The lowest BCUT2D eigenvalue weighted by atomic mass is 10.2. The molecule has 0 aromatic heterocycles. The molecule has 6 nitrogen and oxygen atoms in total. The molecule has 0 saturated carbocycles. The maximum atomic E-state index is 11.7. The van der Waals surface area contributed by atoms with E-state index in [0.29, 0.717) is 48.9 Å². The SMILES string of the molecule is CCOC(=O)c1cccc(OCCCOc2ccc(C(=O)OC)cc2)c1. The van der Waals surface area contributed by atoms with Crippen LogP contribution < -0.4 is 9.47 Å². The second-order valence-electron chi connectivity index (χ2n) is 5.31. The minimum absolute atomic E-state index is 0.335. The number of benzene rings is 2. The van der Waals surface area contributed by atoms with Gasteiger partial charge >= 0.3 is 11.9 Å². The van der Waals surface area contributed by atoms with Gasteiger partial charge in [0.25, 0.3) is 0 Å². The van der Waals surface area contributed by atoms with Crippen LogP contribution in [0.1, 0.15) is 34.1 Å². The van der Waals surface area contributed by atoms with Crippen LogP contribution in [0.3, 0.4) is 0 Å². The van der Waals surface area contributed by atoms with Gasteiger partial charge in [-0.15, -0.1) is 0 Å². The van der Waals surface area contributed by atoms with Crippen LogP contribution in [0.5, 0.6) is 11.5 Å². The van der Waals surface area contributed by atoms with E-state index >= 15 is 0 Å². The Morgan fingerprint density at radius 2 is 1.54 bits per heavy atom. The van der Waals surface area contributed by atoms with Gasteiger partial charge in [-0.1, -0.05) is 6.07 Å². The molecule has 0 radical (unpaired) electrons. The summed E-state index contributed by atoms with van der Waals surface area (Å²) in [6.07, 6.45) is 0.669. The summed E-state index contributed by atoms with van der Waals surface area (Å²) < 4.78 is 20.8. The average Bonchev–Trinajstić information content (AvgIpc) is 2.68. The number of rotatable bonds is 9. The third-order valence-electron chi connectivity index (χ3n) is 3.45. The molecule has 0 fully saturated rings. The van der Waals surface area contributed by atoms with Crippen LogP contribution in [0.2, 0.25) is 0 Å². The van der Waals surface area contributed by atoms with Crippen molar-refractivity contribution in [2.75, 3.05) is 26.9 Å². The molecule has 2 aromatic rings. The molecule has 0 heterocycles. The first-order valence-electron chi connectivity index (χ1n) is 8.35. The molecule has 0 aliphatic heterocycles. The van der Waals surface area contributed by atoms with E-state index in [-0.39, 0.29) is 11.9 Å². The zero-order valence-corrected chi connectivity index (χ0v) is 14.9. The number of methoxy groups -OCH3 is 1. The lowest BCUT2D eigenvalue weighted by Gasteiger charge is -2.09. The van der Waals surface area contributed by atoms with Gasteiger partial charge in [-0.25, -0.2) is 9.59 Å². The van der Waals surface area contributed by atoms with Crippen LogP contribution in [0, 0.1) is 0 Å². The molecule has 2 rings (SSSR count). The van der Waals surface area contributed by atoms with Crippen molar-refractivity contribution in [1.82, 2.24) is 0 Å². The number of carbonyl (C=O) groups is 2. The Hall–Kier alpha value is -3.02. The molecule has 0 spiro atoms. The van der Waals surface area contributed by atoms with Gasteiger partial charge in [0, 0.05) is 6.42 Å². The fourth-order valence-electron chi connectivity index (χ4n) is 2.17. The third kappa shape index (κ3) is 5.81. The number of hydrogen-bond acceptors (Lipinski definition) is 6. The molecule has 6 heteroatoms. The van der Waals surface area contributed by atoms with Crippen molar-refractivity contribution in [3.8, 4) is 11.5 Å². The highest BCUT2D eigenvalue weighted by molar-refractivity contribution is 5.90. The Morgan fingerprint density at radius 1 is 0.846 bits per heavy atom. The highest BCUT2D eigenvalue weighted by Gasteiger charge is 2.07. The van der Waals surface area contributed by atoms with Gasteiger partial charge in [-0.05, 0) is 49.4 Å². The first-order chi connectivity index (χ1) is 12.6. The Labute approximate surface area is 152 Å². The van der Waals surface area contributed by atoms with Gasteiger partial charge in [-0.3, -0.25) is 0 Å². The van der Waals surface area contributed by atoms with Crippen molar-refractivity contribution in [2.24, 2.45) is 0 Å². The van der Waals surface area contributed by atoms with Gasteiger partial charge in [0.05, 0.1) is 38.1 Å². The summed E-state index contributed by atoms with van der Waals surface area (Å²) in [6.45, 7) is 3.02. The Bertz CT molecular complexity index is 723. The number of carbonyl (C=O) groups excluding carboxylic acids is 2. The molecule has 2 aromatic carbocycles. The zero-order chi connectivity index (χ0) is 18.8. The van der Waals surface area contributed by atoms with E-state index < -0.39 is 0 Å². The average molecular weight is 358 g/mol. The molecule has 0 aliphatic carbocycles. The maximum absolute atomic E-state index is 11.7. The van der Waals surface area contributed by atoms with Gasteiger partial charge in [0.2, 0.25) is 0 Å². The molecule has 26 heavy (non-hydrogen) atoms. The minimum Gasteiger partial charge on any atom is -0.493 e. The van der Waals surface area contributed by atoms with E-state index in [4.69, 9.17) is 14.2 Å². The van der Waals surface area contributed by atoms with Crippen LogP contribution in [0.4, 0.5) is 0 Å². The second-order valence-corrected chi connectivity index (χ2v) is 5.31. The van der Waals surface area contributed by atoms with Crippen molar-refractivity contribution in [3.05, 3.63) is 59.7 Å². The smallest absolute Gasteiger partial charge is 0.338 e. The van der Waals surface area contributed by atoms with E-state index in [1.54, 1.807) is 55.5 Å². The molecule has 0 N–H and O–H groups in total. The maximum Gasteiger partial charge on any atom is 0.338 e. The van der Waals surface area contributed by atoms with E-state index in [9.17, 15) is 9.59 Å². The summed E-state index contributed by atoms with van der Waals surface area (Å²) in [4.78, 5) is 23.0. The molecule has 138 valence electrons. The fourth-order valence-corrected chi connectivity index (χ4v) is 2.17. The summed E-state index contributed by atoms with van der Waals surface area (Å²) in [7, 11) is 1.34. The molecule has 0 amide bonds. The third-order valence-corrected chi connectivity index (χ3v) is 3.45. The minimum atomic E-state index is -0.380. The topological polar surface area (TPSA) is 71.1 Å². The normalized spacial score (nSPS) is 10.1. The summed E-state index contributed by atoms with van der Waals surface area (Å²) >= 11 is 0. The number of ether oxygens (including phenoxy) is 4. The summed E-state index contributed by atoms with van der Waals surface area (Å²) in [5.41, 5.74) is 0.941. The molecule has 0 saturated heterocycles. The van der Waals surface area contributed by atoms with Gasteiger partial charge < -0.3 is 18.9 Å². The van der Waals surface area contributed by atoms with Crippen LogP contribution in [0.15, 0.2) is 48.5 Å². The zero-order valence-electron chi connectivity index (χ0n) is 14.9. The standard InChI is InChI=1S/C20H22O6/c1-3-24-20(22)16-6-4-7-18(14-16)26-13-5-12-25-17-10-8-15(9-11-17)19(21)23-2/h4,6-11,14H,3,5,12-13H2,1-2H3. The van der Waals surface area contributed by atoms with Crippen molar-refractivity contribution in [1.29, 1.82) is 0 Å². The van der Waals surface area contributed by atoms with Crippen LogP contribution in [-0.2, 0) is 9.47 Å². The predicted molar refractivity (Wildman–Crippen MR) is 95.8 cm³/mol. The molecule has 0 bridgehead atoms.